The maximum absolute atomic E-state index is 12.1. The molecule has 1 aromatic heterocycles. The number of aromatic nitrogens is 1. The molecule has 1 aromatic carbocycles. The highest BCUT2D eigenvalue weighted by Gasteiger charge is 2.18. The number of carbonyl (C=O) groups is 2. The molecule has 0 aliphatic heterocycles. The Kier molecular flexibility index (Phi) is 6.20. The fourth-order valence-electron chi connectivity index (χ4n) is 1.95. The number of thioether (sulfide) groups is 1. The monoisotopic (exact) mass is 346 g/mol. The van der Waals surface area contributed by atoms with Crippen LogP contribution in [0.15, 0.2) is 53.7 Å². The van der Waals surface area contributed by atoms with Gasteiger partial charge in [-0.25, -0.2) is 4.79 Å². The molecule has 1 amide bonds. The highest BCUT2D eigenvalue weighted by molar-refractivity contribution is 8.00. The number of nitrogens with one attached hydrogen (secondary N) is 1. The van der Waals surface area contributed by atoms with Crippen LogP contribution in [-0.2, 0) is 16.1 Å². The minimum atomic E-state index is -0.401. The highest BCUT2D eigenvalue weighted by atomic mass is 32.2. The van der Waals surface area contributed by atoms with Crippen molar-refractivity contribution in [2.75, 3.05) is 7.11 Å². The number of hydrogen-bond donors (Lipinski definition) is 1. The summed E-state index contributed by atoms with van der Waals surface area (Å²) in [5.41, 5.74) is 1.33. The van der Waals surface area contributed by atoms with Gasteiger partial charge in [-0.2, -0.15) is 4.73 Å². The zero-order chi connectivity index (χ0) is 17.5. The SMILES string of the molecule is COC(=O)c1ccc(CNC(=O)C(C)Sc2cccc[n+]2[O-])cc1. The van der Waals surface area contributed by atoms with Crippen molar-refractivity contribution in [2.45, 2.75) is 23.7 Å². The summed E-state index contributed by atoms with van der Waals surface area (Å²) in [5.74, 6) is -0.565. The first-order valence-corrected chi connectivity index (χ1v) is 8.19. The third kappa shape index (κ3) is 4.73. The Bertz CT molecular complexity index is 719. The molecular formula is C17H18N2O4S. The third-order valence-electron chi connectivity index (χ3n) is 3.30. The van der Waals surface area contributed by atoms with E-state index in [4.69, 9.17) is 0 Å². The van der Waals surface area contributed by atoms with Crippen molar-refractivity contribution in [2.24, 2.45) is 0 Å². The molecular weight excluding hydrogens is 328 g/mol. The number of esters is 1. The van der Waals surface area contributed by atoms with Crippen molar-refractivity contribution in [3.63, 3.8) is 0 Å². The summed E-state index contributed by atoms with van der Waals surface area (Å²) in [4.78, 5) is 23.5. The zero-order valence-electron chi connectivity index (χ0n) is 13.4. The van der Waals surface area contributed by atoms with Crippen LogP contribution in [0, 0.1) is 5.21 Å². The first-order valence-electron chi connectivity index (χ1n) is 7.31. The largest absolute Gasteiger partial charge is 0.618 e. The lowest BCUT2D eigenvalue weighted by molar-refractivity contribution is -0.645. The molecule has 126 valence electrons. The molecule has 1 heterocycles. The zero-order valence-corrected chi connectivity index (χ0v) is 14.2. The van der Waals surface area contributed by atoms with Crippen LogP contribution >= 0.6 is 11.8 Å². The van der Waals surface area contributed by atoms with E-state index in [-0.39, 0.29) is 5.91 Å². The normalized spacial score (nSPS) is 11.6. The van der Waals surface area contributed by atoms with Gasteiger partial charge in [0.15, 0.2) is 6.20 Å². The standard InChI is InChI=1S/C17H18N2O4S/c1-12(24-15-5-3-4-10-19(15)22)16(20)18-11-13-6-8-14(9-7-13)17(21)23-2/h3-10,12H,11H2,1-2H3,(H,18,20). The summed E-state index contributed by atoms with van der Waals surface area (Å²) >= 11 is 1.20. The van der Waals surface area contributed by atoms with Crippen molar-refractivity contribution >= 4 is 23.6 Å². The van der Waals surface area contributed by atoms with Crippen LogP contribution in [0.25, 0.3) is 0 Å². The number of amides is 1. The molecule has 6 nitrogen and oxygen atoms in total. The van der Waals surface area contributed by atoms with Gasteiger partial charge in [-0.05, 0) is 42.4 Å². The molecule has 1 atom stereocenters. The minimum Gasteiger partial charge on any atom is -0.618 e. The van der Waals surface area contributed by atoms with E-state index in [0.29, 0.717) is 17.1 Å². The number of pyridine rings is 1. The number of hydrogen-bond acceptors (Lipinski definition) is 5. The van der Waals surface area contributed by atoms with E-state index < -0.39 is 11.2 Å². The Labute approximate surface area is 144 Å². The van der Waals surface area contributed by atoms with E-state index in [1.165, 1.54) is 25.1 Å². The lowest BCUT2D eigenvalue weighted by Gasteiger charge is -2.11. The van der Waals surface area contributed by atoms with Gasteiger partial charge in [-0.3, -0.25) is 4.79 Å². The predicted octanol–water partition coefficient (Wildman–Crippen LogP) is 1.90. The summed E-state index contributed by atoms with van der Waals surface area (Å²) in [6.45, 7) is 2.09. The maximum atomic E-state index is 12.1. The van der Waals surface area contributed by atoms with Gasteiger partial charge in [0, 0.05) is 18.7 Å². The number of nitrogens with zero attached hydrogens (tertiary/aromatic N) is 1. The number of carbonyl (C=O) groups excluding carboxylic acids is 2. The van der Waals surface area contributed by atoms with Crippen molar-refractivity contribution in [3.05, 3.63) is 65.0 Å². The molecule has 0 fully saturated rings. The van der Waals surface area contributed by atoms with Gasteiger partial charge in [-0.1, -0.05) is 12.1 Å². The molecule has 0 radical (unpaired) electrons. The summed E-state index contributed by atoms with van der Waals surface area (Å²) < 4.78 is 5.37. The molecule has 7 heteroatoms. The summed E-state index contributed by atoms with van der Waals surface area (Å²) in [6.07, 6.45) is 1.40. The lowest BCUT2D eigenvalue weighted by atomic mass is 10.1. The highest BCUT2D eigenvalue weighted by Crippen LogP contribution is 2.19. The van der Waals surface area contributed by atoms with Crippen molar-refractivity contribution in [3.8, 4) is 0 Å². The number of benzene rings is 1. The van der Waals surface area contributed by atoms with Crippen LogP contribution < -0.4 is 10.0 Å². The van der Waals surface area contributed by atoms with E-state index >= 15 is 0 Å². The van der Waals surface area contributed by atoms with E-state index in [1.807, 2.05) is 0 Å². The fourth-order valence-corrected chi connectivity index (χ4v) is 2.82. The van der Waals surface area contributed by atoms with Crippen LogP contribution in [0.5, 0.6) is 0 Å². The predicted molar refractivity (Wildman–Crippen MR) is 90.3 cm³/mol. The van der Waals surface area contributed by atoms with Crippen LogP contribution in [0.4, 0.5) is 0 Å². The lowest BCUT2D eigenvalue weighted by Crippen LogP contribution is -2.33. The van der Waals surface area contributed by atoms with Gasteiger partial charge >= 0.3 is 5.97 Å². The average molecular weight is 346 g/mol. The Morgan fingerprint density at radius 1 is 1.25 bits per heavy atom. The molecule has 0 saturated carbocycles. The van der Waals surface area contributed by atoms with E-state index in [2.05, 4.69) is 10.1 Å². The summed E-state index contributed by atoms with van der Waals surface area (Å²) in [7, 11) is 1.33. The molecule has 2 aromatic rings. The molecule has 0 aliphatic rings. The Morgan fingerprint density at radius 3 is 2.58 bits per heavy atom. The van der Waals surface area contributed by atoms with Gasteiger partial charge in [0.2, 0.25) is 5.91 Å². The molecule has 24 heavy (non-hydrogen) atoms. The number of methoxy groups -OCH3 is 1. The molecule has 2 rings (SSSR count). The van der Waals surface area contributed by atoms with Gasteiger partial charge in [-0.15, -0.1) is 0 Å². The van der Waals surface area contributed by atoms with Gasteiger partial charge in [0.05, 0.1) is 17.9 Å². The van der Waals surface area contributed by atoms with Crippen LogP contribution in [-0.4, -0.2) is 24.2 Å². The average Bonchev–Trinajstić information content (AvgIpc) is 2.61. The Morgan fingerprint density at radius 2 is 1.96 bits per heavy atom. The van der Waals surface area contributed by atoms with E-state index in [9.17, 15) is 14.8 Å². The van der Waals surface area contributed by atoms with Gasteiger partial charge in [0.25, 0.3) is 5.03 Å². The number of ether oxygens (including phenoxy) is 1. The second kappa shape index (κ2) is 8.35. The molecule has 1 unspecified atom stereocenters. The maximum Gasteiger partial charge on any atom is 0.337 e. The Balaban J connectivity index is 1.88. The van der Waals surface area contributed by atoms with Crippen LogP contribution in [0.3, 0.4) is 0 Å². The van der Waals surface area contributed by atoms with E-state index in [1.54, 1.807) is 49.4 Å². The van der Waals surface area contributed by atoms with Crippen LogP contribution in [0.1, 0.15) is 22.8 Å². The summed E-state index contributed by atoms with van der Waals surface area (Å²) in [5, 5.41) is 14.5. The molecule has 1 N–H and O–H groups in total. The van der Waals surface area contributed by atoms with Gasteiger partial charge < -0.3 is 15.3 Å². The van der Waals surface area contributed by atoms with Crippen molar-refractivity contribution in [1.29, 1.82) is 0 Å². The quantitative estimate of drug-likeness (QED) is 0.374. The third-order valence-corrected chi connectivity index (χ3v) is 4.42. The molecule has 0 spiro atoms. The van der Waals surface area contributed by atoms with Crippen molar-refractivity contribution in [1.82, 2.24) is 5.32 Å². The molecule has 0 saturated heterocycles. The topological polar surface area (TPSA) is 82.3 Å². The smallest absolute Gasteiger partial charge is 0.337 e. The second-order valence-electron chi connectivity index (χ2n) is 5.03. The fraction of sp³-hybridized carbons (Fsp3) is 0.235. The number of rotatable bonds is 6. The molecule has 0 bridgehead atoms. The molecule has 0 aliphatic carbocycles. The van der Waals surface area contributed by atoms with E-state index in [0.717, 1.165) is 10.3 Å². The minimum absolute atomic E-state index is 0.166. The van der Waals surface area contributed by atoms with Crippen LogP contribution in [0.2, 0.25) is 0 Å². The van der Waals surface area contributed by atoms with Gasteiger partial charge in [0.1, 0.15) is 0 Å². The summed E-state index contributed by atoms with van der Waals surface area (Å²) in [6, 6.07) is 11.9. The Hall–Kier alpha value is -2.54. The van der Waals surface area contributed by atoms with Crippen molar-refractivity contribution < 1.29 is 19.1 Å². The second-order valence-corrected chi connectivity index (χ2v) is 6.39. The first kappa shape index (κ1) is 17.8. The first-order chi connectivity index (χ1) is 11.5.